The predicted octanol–water partition coefficient (Wildman–Crippen LogP) is 3.41. The van der Waals surface area contributed by atoms with Gasteiger partial charge in [-0.3, -0.25) is 4.79 Å². The van der Waals surface area contributed by atoms with Gasteiger partial charge in [0.05, 0.1) is 11.5 Å². The molecule has 1 unspecified atom stereocenters. The number of sulfone groups is 1. The lowest BCUT2D eigenvalue weighted by Gasteiger charge is -2.12. The average Bonchev–Trinajstić information content (AvgIpc) is 3.02. The van der Waals surface area contributed by atoms with E-state index < -0.39 is 15.1 Å². The Morgan fingerprint density at radius 1 is 1.04 bits per heavy atom. The third-order valence-corrected chi connectivity index (χ3v) is 5.40. The summed E-state index contributed by atoms with van der Waals surface area (Å²) in [6.07, 6.45) is 3.63. The van der Waals surface area contributed by atoms with Gasteiger partial charge >= 0.3 is 0 Å². The van der Waals surface area contributed by atoms with E-state index in [-0.39, 0.29) is 0 Å². The molecule has 0 N–H and O–H groups in total. The maximum Gasteiger partial charge on any atom is 0.293 e. The predicted molar refractivity (Wildman–Crippen MR) is 89.5 cm³/mol. The number of rotatable bonds is 4. The highest BCUT2D eigenvalue weighted by Crippen LogP contribution is 2.37. The van der Waals surface area contributed by atoms with Gasteiger partial charge in [0.1, 0.15) is 5.25 Å². The Morgan fingerprint density at radius 3 is 2.30 bits per heavy atom. The molecule has 0 saturated carbocycles. The van der Waals surface area contributed by atoms with Crippen molar-refractivity contribution < 1.29 is 17.9 Å². The zero-order valence-corrected chi connectivity index (χ0v) is 13.6. The van der Waals surface area contributed by atoms with Gasteiger partial charge in [0.2, 0.25) is 0 Å². The highest BCUT2D eigenvalue weighted by Gasteiger charge is 2.30. The Balaban J connectivity index is 0.000000338. The van der Waals surface area contributed by atoms with Crippen LogP contribution in [0, 0.1) is 0 Å². The van der Waals surface area contributed by atoms with Gasteiger partial charge < -0.3 is 4.74 Å². The van der Waals surface area contributed by atoms with Gasteiger partial charge in [0.15, 0.2) is 9.84 Å². The monoisotopic (exact) mass is 330 g/mol. The Bertz CT molecular complexity index is 780. The number of benzene rings is 2. The smallest absolute Gasteiger partial charge is 0.293 e. The van der Waals surface area contributed by atoms with Gasteiger partial charge in [-0.25, -0.2) is 8.42 Å². The molecule has 0 saturated heterocycles. The minimum Gasteiger partial charge on any atom is -0.468 e. The van der Waals surface area contributed by atoms with Crippen LogP contribution in [0.3, 0.4) is 0 Å². The summed E-state index contributed by atoms with van der Waals surface area (Å²) in [4.78, 5) is 9.55. The maximum atomic E-state index is 12.5. The van der Waals surface area contributed by atoms with Crippen LogP contribution in [0.15, 0.2) is 65.6 Å². The fourth-order valence-corrected chi connectivity index (χ4v) is 3.98. The second kappa shape index (κ2) is 7.74. The van der Waals surface area contributed by atoms with E-state index in [2.05, 4.69) is 4.74 Å². The van der Waals surface area contributed by atoms with Crippen LogP contribution in [0.25, 0.3) is 6.08 Å². The summed E-state index contributed by atoms with van der Waals surface area (Å²) in [6, 6.07) is 16.2. The third kappa shape index (κ3) is 3.87. The van der Waals surface area contributed by atoms with Crippen molar-refractivity contribution in [3.8, 4) is 0 Å². The normalized spacial score (nSPS) is 15.3. The quantitative estimate of drug-likeness (QED) is 0.806. The molecule has 23 heavy (non-hydrogen) atoms. The van der Waals surface area contributed by atoms with E-state index in [0.29, 0.717) is 18.0 Å². The lowest BCUT2D eigenvalue weighted by atomic mass is 10.1. The molecule has 0 fully saturated rings. The van der Waals surface area contributed by atoms with Crippen LogP contribution in [-0.2, 0) is 19.4 Å². The zero-order valence-electron chi connectivity index (χ0n) is 12.8. The molecule has 5 heteroatoms. The van der Waals surface area contributed by atoms with Gasteiger partial charge in [0.25, 0.3) is 6.47 Å². The molecule has 1 aliphatic carbocycles. The number of hydrogen-bond acceptors (Lipinski definition) is 4. The molecular weight excluding hydrogens is 312 g/mol. The Morgan fingerprint density at radius 2 is 1.70 bits per heavy atom. The molecule has 0 amide bonds. The largest absolute Gasteiger partial charge is 0.468 e. The summed E-state index contributed by atoms with van der Waals surface area (Å²) in [5.41, 5.74) is 1.85. The molecular formula is C18H18O4S. The number of carbonyl (C=O) groups is 1. The fraction of sp³-hybridized carbons (Fsp3) is 0.167. The molecule has 1 atom stereocenters. The van der Waals surface area contributed by atoms with Crippen LogP contribution in [0.2, 0.25) is 0 Å². The lowest BCUT2D eigenvalue weighted by Crippen LogP contribution is -2.10. The number of ether oxygens (including phenoxy) is 1. The summed E-state index contributed by atoms with van der Waals surface area (Å²) in [7, 11) is -3.34. The third-order valence-electron chi connectivity index (χ3n) is 3.39. The van der Waals surface area contributed by atoms with Crippen molar-refractivity contribution in [2.45, 2.75) is 17.1 Å². The lowest BCUT2D eigenvalue weighted by molar-refractivity contribution is -0.128. The highest BCUT2D eigenvalue weighted by atomic mass is 32.2. The summed E-state index contributed by atoms with van der Waals surface area (Å²) < 4.78 is 29.2. The minimum atomic E-state index is -3.34. The van der Waals surface area contributed by atoms with E-state index in [1.165, 1.54) is 0 Å². The first-order valence-electron chi connectivity index (χ1n) is 7.22. The SMILES string of the molecule is CCOC=O.O=S(=O)(c1ccccc1)C1C=Cc2ccccc21. The van der Waals surface area contributed by atoms with Crippen LogP contribution >= 0.6 is 0 Å². The van der Waals surface area contributed by atoms with Gasteiger partial charge in [0, 0.05) is 0 Å². The second-order valence-electron chi connectivity index (χ2n) is 4.82. The van der Waals surface area contributed by atoms with Crippen molar-refractivity contribution in [3.05, 3.63) is 71.8 Å². The Labute approximate surface area is 136 Å². The molecule has 3 rings (SSSR count). The molecule has 0 aromatic heterocycles. The second-order valence-corrected chi connectivity index (χ2v) is 6.89. The van der Waals surface area contributed by atoms with Crippen LogP contribution in [0.5, 0.6) is 0 Å². The Hall–Kier alpha value is -2.40. The van der Waals surface area contributed by atoms with E-state index in [0.717, 1.165) is 11.1 Å². The van der Waals surface area contributed by atoms with Crippen LogP contribution < -0.4 is 0 Å². The summed E-state index contributed by atoms with van der Waals surface area (Å²) in [5, 5.41) is -0.559. The van der Waals surface area contributed by atoms with Gasteiger partial charge in [-0.15, -0.1) is 0 Å². The van der Waals surface area contributed by atoms with E-state index >= 15 is 0 Å². The molecule has 0 radical (unpaired) electrons. The van der Waals surface area contributed by atoms with Crippen LogP contribution in [0.1, 0.15) is 23.3 Å². The van der Waals surface area contributed by atoms with Crippen molar-refractivity contribution in [2.24, 2.45) is 0 Å². The molecule has 0 bridgehead atoms. The topological polar surface area (TPSA) is 60.4 Å². The number of fused-ring (bicyclic) bond motifs is 1. The maximum absolute atomic E-state index is 12.5. The van der Waals surface area contributed by atoms with Crippen molar-refractivity contribution in [1.29, 1.82) is 0 Å². The van der Waals surface area contributed by atoms with Gasteiger partial charge in [-0.1, -0.05) is 54.6 Å². The minimum absolute atomic E-state index is 0.372. The Kier molecular flexibility index (Phi) is 5.71. The summed E-state index contributed by atoms with van der Waals surface area (Å²) >= 11 is 0. The summed E-state index contributed by atoms with van der Waals surface area (Å²) in [6.45, 7) is 2.66. The van der Waals surface area contributed by atoms with E-state index in [1.807, 2.05) is 36.4 Å². The first-order chi connectivity index (χ1) is 11.1. The average molecular weight is 330 g/mol. The standard InChI is InChI=1S/C15H12O2S.C3H6O2/c16-18(17,13-7-2-1-3-8-13)15-11-10-12-6-4-5-9-14(12)15;1-2-5-3-4/h1-11,15H;3H,2H2,1H3. The molecule has 2 aromatic rings. The highest BCUT2D eigenvalue weighted by molar-refractivity contribution is 7.91. The number of hydrogen-bond donors (Lipinski definition) is 0. The molecule has 0 heterocycles. The molecule has 120 valence electrons. The molecule has 1 aliphatic rings. The van der Waals surface area contributed by atoms with Crippen molar-refractivity contribution in [1.82, 2.24) is 0 Å². The van der Waals surface area contributed by atoms with E-state index in [4.69, 9.17) is 0 Å². The number of carbonyl (C=O) groups excluding carboxylic acids is 1. The van der Waals surface area contributed by atoms with Crippen molar-refractivity contribution in [3.63, 3.8) is 0 Å². The van der Waals surface area contributed by atoms with Gasteiger partial charge in [-0.05, 0) is 30.2 Å². The zero-order chi connectivity index (χ0) is 16.7. The van der Waals surface area contributed by atoms with Crippen LogP contribution in [0.4, 0.5) is 0 Å². The molecule has 0 spiro atoms. The molecule has 0 aliphatic heterocycles. The first kappa shape index (κ1) is 17.0. The van der Waals surface area contributed by atoms with Gasteiger partial charge in [-0.2, -0.15) is 0 Å². The van der Waals surface area contributed by atoms with Crippen LogP contribution in [-0.4, -0.2) is 21.5 Å². The van der Waals surface area contributed by atoms with Crippen molar-refractivity contribution in [2.75, 3.05) is 6.61 Å². The van der Waals surface area contributed by atoms with E-state index in [1.54, 1.807) is 37.3 Å². The van der Waals surface area contributed by atoms with E-state index in [9.17, 15) is 13.2 Å². The summed E-state index contributed by atoms with van der Waals surface area (Å²) in [5.74, 6) is 0. The molecule has 4 nitrogen and oxygen atoms in total. The first-order valence-corrected chi connectivity index (χ1v) is 8.77. The molecule has 2 aromatic carbocycles. The fourth-order valence-electron chi connectivity index (χ4n) is 2.31. The van der Waals surface area contributed by atoms with Crippen molar-refractivity contribution >= 4 is 22.4 Å².